The lowest BCUT2D eigenvalue weighted by Gasteiger charge is -2.03. The summed E-state index contributed by atoms with van der Waals surface area (Å²) in [4.78, 5) is 14.7. The van der Waals surface area contributed by atoms with Crippen molar-refractivity contribution in [3.05, 3.63) is 0 Å². The third-order valence-electron chi connectivity index (χ3n) is 1.39. The number of carbonyl (C=O) groups excluding carboxylic acids is 1. The predicted octanol–water partition coefficient (Wildman–Crippen LogP) is 0.367. The fraction of sp³-hybridized carbons (Fsp3) is 0.714. The second-order valence-electron chi connectivity index (χ2n) is 2.42. The average Bonchev–Trinajstić information content (AvgIpc) is 2.35. The topological polar surface area (TPSA) is 47.9 Å². The second kappa shape index (κ2) is 3.37. The summed E-state index contributed by atoms with van der Waals surface area (Å²) in [5, 5.41) is 0. The molecule has 1 atom stereocenters. The van der Waals surface area contributed by atoms with Gasteiger partial charge in [-0.1, -0.05) is 0 Å². The summed E-state index contributed by atoms with van der Waals surface area (Å²) in [5.74, 6) is 0.183. The highest BCUT2D eigenvalue weighted by Gasteiger charge is 2.17. The summed E-state index contributed by atoms with van der Waals surface area (Å²) in [6.07, 6.45) is 0.260. The Morgan fingerprint density at radius 3 is 3.09 bits per heavy atom. The van der Waals surface area contributed by atoms with Crippen LogP contribution in [0, 0.1) is 0 Å². The lowest BCUT2D eigenvalue weighted by atomic mass is 10.4. The van der Waals surface area contributed by atoms with Crippen molar-refractivity contribution in [2.24, 2.45) is 4.99 Å². The number of methoxy groups -OCH3 is 1. The molecule has 0 aromatic carbocycles. The molecule has 0 aromatic rings. The molecule has 1 aliphatic heterocycles. The highest BCUT2D eigenvalue weighted by molar-refractivity contribution is 5.94. The standard InChI is InChI=1S/C7H11NO3/c1-5-4-8-6(11-5)3-7(9)10-2/h5H,3-4H2,1-2H3. The molecule has 11 heavy (non-hydrogen) atoms. The van der Waals surface area contributed by atoms with Gasteiger partial charge in [0.1, 0.15) is 12.5 Å². The molecule has 0 aliphatic carbocycles. The van der Waals surface area contributed by atoms with Gasteiger partial charge in [-0.05, 0) is 6.92 Å². The first-order valence-corrected chi connectivity index (χ1v) is 3.49. The molecule has 4 heteroatoms. The zero-order chi connectivity index (χ0) is 8.27. The maximum Gasteiger partial charge on any atom is 0.314 e. The van der Waals surface area contributed by atoms with Crippen molar-refractivity contribution >= 4 is 11.9 Å². The van der Waals surface area contributed by atoms with Gasteiger partial charge in [-0.2, -0.15) is 0 Å². The van der Waals surface area contributed by atoms with Crippen LogP contribution in [0.3, 0.4) is 0 Å². The van der Waals surface area contributed by atoms with Gasteiger partial charge >= 0.3 is 5.97 Å². The number of aliphatic imine (C=N–C) groups is 1. The van der Waals surface area contributed by atoms with E-state index in [0.717, 1.165) is 0 Å². The molecule has 1 unspecified atom stereocenters. The highest BCUT2D eigenvalue weighted by Crippen LogP contribution is 2.06. The Bertz CT molecular complexity index is 188. The van der Waals surface area contributed by atoms with Gasteiger partial charge < -0.3 is 9.47 Å². The number of esters is 1. The molecule has 0 amide bonds. The van der Waals surface area contributed by atoms with E-state index in [0.29, 0.717) is 12.4 Å². The maximum atomic E-state index is 10.7. The first kappa shape index (κ1) is 8.04. The van der Waals surface area contributed by atoms with E-state index >= 15 is 0 Å². The summed E-state index contributed by atoms with van der Waals surface area (Å²) in [6.45, 7) is 2.56. The van der Waals surface area contributed by atoms with E-state index in [-0.39, 0.29) is 18.5 Å². The Balaban J connectivity index is 2.33. The van der Waals surface area contributed by atoms with Crippen LogP contribution in [0.1, 0.15) is 13.3 Å². The Morgan fingerprint density at radius 1 is 1.91 bits per heavy atom. The van der Waals surface area contributed by atoms with Crippen LogP contribution in [0.25, 0.3) is 0 Å². The molecule has 0 saturated carbocycles. The number of carbonyl (C=O) groups is 1. The molecule has 0 saturated heterocycles. The van der Waals surface area contributed by atoms with E-state index < -0.39 is 0 Å². The molecule has 1 aliphatic rings. The third kappa shape index (κ3) is 2.22. The zero-order valence-electron chi connectivity index (χ0n) is 6.66. The van der Waals surface area contributed by atoms with Crippen LogP contribution in [0.2, 0.25) is 0 Å². The largest absolute Gasteiger partial charge is 0.476 e. The fourth-order valence-corrected chi connectivity index (χ4v) is 0.830. The number of hydrogen-bond donors (Lipinski definition) is 0. The quantitative estimate of drug-likeness (QED) is 0.544. The molecule has 0 fully saturated rings. The normalized spacial score (nSPS) is 22.4. The minimum Gasteiger partial charge on any atom is -0.476 e. The monoisotopic (exact) mass is 157 g/mol. The predicted molar refractivity (Wildman–Crippen MR) is 39.5 cm³/mol. The highest BCUT2D eigenvalue weighted by atomic mass is 16.5. The summed E-state index contributed by atoms with van der Waals surface area (Å²) in [7, 11) is 1.35. The Morgan fingerprint density at radius 2 is 2.64 bits per heavy atom. The first-order chi connectivity index (χ1) is 5.22. The molecule has 0 N–H and O–H groups in total. The van der Waals surface area contributed by atoms with Crippen LogP contribution in [-0.2, 0) is 14.3 Å². The van der Waals surface area contributed by atoms with Crippen molar-refractivity contribution in [3.63, 3.8) is 0 Å². The Hall–Kier alpha value is -1.06. The molecule has 1 heterocycles. The van der Waals surface area contributed by atoms with Crippen LogP contribution < -0.4 is 0 Å². The number of nitrogens with zero attached hydrogens (tertiary/aromatic N) is 1. The van der Waals surface area contributed by atoms with E-state index in [1.165, 1.54) is 7.11 Å². The Kier molecular flexibility index (Phi) is 2.46. The van der Waals surface area contributed by atoms with Gasteiger partial charge in [0, 0.05) is 0 Å². The number of ether oxygens (including phenoxy) is 2. The SMILES string of the molecule is COC(=O)CC1=NCC(C)O1. The smallest absolute Gasteiger partial charge is 0.314 e. The lowest BCUT2D eigenvalue weighted by molar-refractivity contribution is -0.139. The van der Waals surface area contributed by atoms with E-state index in [1.807, 2.05) is 6.92 Å². The second-order valence-corrected chi connectivity index (χ2v) is 2.42. The third-order valence-corrected chi connectivity index (χ3v) is 1.39. The minimum atomic E-state index is -0.308. The molecule has 62 valence electrons. The molecular weight excluding hydrogens is 146 g/mol. The summed E-state index contributed by atoms with van der Waals surface area (Å²) >= 11 is 0. The van der Waals surface area contributed by atoms with Gasteiger partial charge in [-0.3, -0.25) is 9.79 Å². The first-order valence-electron chi connectivity index (χ1n) is 3.49. The molecule has 0 aromatic heterocycles. The van der Waals surface area contributed by atoms with Crippen molar-refractivity contribution in [2.45, 2.75) is 19.4 Å². The van der Waals surface area contributed by atoms with Gasteiger partial charge in [0.15, 0.2) is 5.90 Å². The van der Waals surface area contributed by atoms with Gasteiger partial charge in [-0.25, -0.2) is 0 Å². The van der Waals surface area contributed by atoms with Crippen molar-refractivity contribution in [3.8, 4) is 0 Å². The van der Waals surface area contributed by atoms with E-state index in [1.54, 1.807) is 0 Å². The van der Waals surface area contributed by atoms with E-state index in [9.17, 15) is 4.79 Å². The molecule has 0 spiro atoms. The van der Waals surface area contributed by atoms with Crippen LogP contribution in [0.4, 0.5) is 0 Å². The molecule has 0 radical (unpaired) electrons. The van der Waals surface area contributed by atoms with Gasteiger partial charge in [-0.15, -0.1) is 0 Å². The molecule has 1 rings (SSSR count). The van der Waals surface area contributed by atoms with Crippen LogP contribution in [0.15, 0.2) is 4.99 Å². The van der Waals surface area contributed by atoms with Crippen molar-refractivity contribution in [2.75, 3.05) is 13.7 Å². The van der Waals surface area contributed by atoms with Gasteiger partial charge in [0.05, 0.1) is 13.7 Å². The molecule has 4 nitrogen and oxygen atoms in total. The van der Waals surface area contributed by atoms with Crippen LogP contribution in [0.5, 0.6) is 0 Å². The average molecular weight is 157 g/mol. The fourth-order valence-electron chi connectivity index (χ4n) is 0.830. The minimum absolute atomic E-state index is 0.106. The van der Waals surface area contributed by atoms with Crippen LogP contribution in [-0.4, -0.2) is 31.6 Å². The lowest BCUT2D eigenvalue weighted by Crippen LogP contribution is -2.12. The van der Waals surface area contributed by atoms with E-state index in [4.69, 9.17) is 4.74 Å². The van der Waals surface area contributed by atoms with Gasteiger partial charge in [0.2, 0.25) is 0 Å². The molecule has 0 bridgehead atoms. The van der Waals surface area contributed by atoms with Crippen molar-refractivity contribution in [1.82, 2.24) is 0 Å². The van der Waals surface area contributed by atoms with Gasteiger partial charge in [0.25, 0.3) is 0 Å². The number of hydrogen-bond acceptors (Lipinski definition) is 4. The summed E-state index contributed by atoms with van der Waals surface area (Å²) in [5.41, 5.74) is 0. The zero-order valence-corrected chi connectivity index (χ0v) is 6.66. The summed E-state index contributed by atoms with van der Waals surface area (Å²) in [6, 6.07) is 0. The Labute approximate surface area is 65.2 Å². The molecular formula is C7H11NO3. The van der Waals surface area contributed by atoms with Crippen molar-refractivity contribution < 1.29 is 14.3 Å². The van der Waals surface area contributed by atoms with E-state index in [2.05, 4.69) is 9.73 Å². The summed E-state index contributed by atoms with van der Waals surface area (Å²) < 4.78 is 9.63. The van der Waals surface area contributed by atoms with Crippen molar-refractivity contribution in [1.29, 1.82) is 0 Å². The van der Waals surface area contributed by atoms with Crippen LogP contribution >= 0.6 is 0 Å². The maximum absolute atomic E-state index is 10.7. The number of rotatable bonds is 2.